The van der Waals surface area contributed by atoms with Gasteiger partial charge in [0.05, 0.1) is 5.41 Å². The lowest BCUT2D eigenvalue weighted by atomic mass is 9.78. The van der Waals surface area contributed by atoms with Gasteiger partial charge >= 0.3 is 5.97 Å². The van der Waals surface area contributed by atoms with Crippen molar-refractivity contribution in [3.63, 3.8) is 0 Å². The van der Waals surface area contributed by atoms with Gasteiger partial charge in [0.25, 0.3) is 0 Å². The smallest absolute Gasteiger partial charge is 0.314 e. The Bertz CT molecular complexity index is 743. The Balaban J connectivity index is 1.57. The number of hydrogen-bond donors (Lipinski definition) is 1. The van der Waals surface area contributed by atoms with Crippen molar-refractivity contribution in [1.29, 1.82) is 0 Å². The molecular weight excluding hydrogens is 302 g/mol. The minimum Gasteiger partial charge on any atom is -0.508 e. The number of carbonyl (C=O) groups is 1. The van der Waals surface area contributed by atoms with Gasteiger partial charge in [0.1, 0.15) is 11.9 Å². The first-order valence-corrected chi connectivity index (χ1v) is 8.32. The maximum Gasteiger partial charge on any atom is 0.314 e. The quantitative estimate of drug-likeness (QED) is 0.882. The zero-order valence-electron chi connectivity index (χ0n) is 13.7. The van der Waals surface area contributed by atoms with E-state index in [1.807, 2.05) is 37.3 Å². The summed E-state index contributed by atoms with van der Waals surface area (Å²) in [6.07, 6.45) is -0.233. The van der Waals surface area contributed by atoms with Crippen molar-refractivity contribution in [2.45, 2.75) is 19.6 Å². The second-order valence-corrected chi connectivity index (χ2v) is 7.10. The zero-order chi connectivity index (χ0) is 16.7. The first kappa shape index (κ1) is 15.2. The summed E-state index contributed by atoms with van der Waals surface area (Å²) in [7, 11) is 0. The van der Waals surface area contributed by atoms with Crippen LogP contribution in [0.4, 0.5) is 0 Å². The van der Waals surface area contributed by atoms with Gasteiger partial charge in [0.2, 0.25) is 0 Å². The molecule has 4 nitrogen and oxygen atoms in total. The van der Waals surface area contributed by atoms with E-state index in [-0.39, 0.29) is 23.7 Å². The van der Waals surface area contributed by atoms with Crippen molar-refractivity contribution >= 4 is 5.97 Å². The fourth-order valence-corrected chi connectivity index (χ4v) is 4.03. The highest BCUT2D eigenvalue weighted by atomic mass is 16.6. The van der Waals surface area contributed by atoms with Crippen molar-refractivity contribution in [1.82, 2.24) is 4.90 Å². The second-order valence-electron chi connectivity index (χ2n) is 7.10. The first-order valence-electron chi connectivity index (χ1n) is 8.32. The third-order valence-corrected chi connectivity index (χ3v) is 5.36. The van der Waals surface area contributed by atoms with E-state index in [9.17, 15) is 9.90 Å². The van der Waals surface area contributed by atoms with Crippen LogP contribution in [0.25, 0.3) is 0 Å². The van der Waals surface area contributed by atoms with Gasteiger partial charge in [-0.2, -0.15) is 0 Å². The number of nitrogens with zero attached hydrogens (tertiary/aromatic N) is 1. The summed E-state index contributed by atoms with van der Waals surface area (Å²) < 4.78 is 5.71. The molecule has 2 saturated heterocycles. The van der Waals surface area contributed by atoms with E-state index in [0.717, 1.165) is 25.2 Å². The molecule has 4 rings (SSSR count). The summed E-state index contributed by atoms with van der Waals surface area (Å²) >= 11 is 0. The molecule has 2 aromatic carbocycles. The van der Waals surface area contributed by atoms with E-state index in [0.29, 0.717) is 0 Å². The van der Waals surface area contributed by atoms with Crippen LogP contribution in [0.5, 0.6) is 5.75 Å². The molecular formula is C20H21NO3. The molecule has 0 spiro atoms. The lowest BCUT2D eigenvalue weighted by Gasteiger charge is -2.20. The van der Waals surface area contributed by atoms with Crippen LogP contribution in [0, 0.1) is 11.3 Å². The SMILES string of the molecule is C[C@]12CN(Cc3ccccc3)C[C@H]1C(c1ccc(O)cc1)OC2=O. The third kappa shape index (κ3) is 2.47. The van der Waals surface area contributed by atoms with Crippen LogP contribution in [-0.2, 0) is 16.1 Å². The van der Waals surface area contributed by atoms with E-state index in [1.165, 1.54) is 5.56 Å². The molecule has 0 saturated carbocycles. The Morgan fingerprint density at radius 1 is 1.17 bits per heavy atom. The van der Waals surface area contributed by atoms with Crippen LogP contribution >= 0.6 is 0 Å². The van der Waals surface area contributed by atoms with Crippen molar-refractivity contribution < 1.29 is 14.6 Å². The van der Waals surface area contributed by atoms with Crippen LogP contribution in [0.3, 0.4) is 0 Å². The van der Waals surface area contributed by atoms with Gasteiger partial charge in [-0.3, -0.25) is 9.69 Å². The van der Waals surface area contributed by atoms with Crippen LogP contribution < -0.4 is 0 Å². The predicted octanol–water partition coefficient (Wildman–Crippen LogP) is 3.13. The maximum atomic E-state index is 12.5. The predicted molar refractivity (Wildman–Crippen MR) is 90.3 cm³/mol. The zero-order valence-corrected chi connectivity index (χ0v) is 13.7. The number of benzene rings is 2. The van der Waals surface area contributed by atoms with E-state index in [2.05, 4.69) is 17.0 Å². The van der Waals surface area contributed by atoms with E-state index >= 15 is 0 Å². The molecule has 0 amide bonds. The average molecular weight is 323 g/mol. The number of phenols is 1. The highest BCUT2D eigenvalue weighted by molar-refractivity contribution is 5.80. The number of phenolic OH excluding ortho intramolecular Hbond substituents is 1. The molecule has 124 valence electrons. The largest absolute Gasteiger partial charge is 0.508 e. The number of cyclic esters (lactones) is 1. The summed E-state index contributed by atoms with van der Waals surface area (Å²) in [5, 5.41) is 9.48. The molecule has 2 aliphatic rings. The molecule has 0 aromatic heterocycles. The first-order chi connectivity index (χ1) is 11.6. The Hall–Kier alpha value is -2.33. The second kappa shape index (κ2) is 5.64. The standard InChI is InChI=1S/C20H21NO3/c1-20-13-21(11-14-5-3-2-4-6-14)12-17(20)18(24-19(20)23)15-7-9-16(22)10-8-15/h2-10,17-18,22H,11-13H2,1H3/t17-,18?,20-/m0/s1. The minimum atomic E-state index is -0.461. The van der Waals surface area contributed by atoms with Gasteiger partial charge in [-0.05, 0) is 30.2 Å². The van der Waals surface area contributed by atoms with Crippen molar-refractivity contribution in [2.75, 3.05) is 13.1 Å². The Labute approximate surface area is 141 Å². The lowest BCUT2D eigenvalue weighted by Crippen LogP contribution is -2.31. The van der Waals surface area contributed by atoms with Crippen LogP contribution in [-0.4, -0.2) is 29.1 Å². The monoisotopic (exact) mass is 323 g/mol. The number of hydrogen-bond acceptors (Lipinski definition) is 4. The Kier molecular flexibility index (Phi) is 3.57. The summed E-state index contributed by atoms with van der Waals surface area (Å²) in [6, 6.07) is 17.3. The molecule has 0 aliphatic carbocycles. The number of aromatic hydroxyl groups is 1. The van der Waals surface area contributed by atoms with Crippen LogP contribution in [0.2, 0.25) is 0 Å². The van der Waals surface area contributed by atoms with E-state index in [1.54, 1.807) is 12.1 Å². The van der Waals surface area contributed by atoms with Gasteiger partial charge in [-0.1, -0.05) is 42.5 Å². The van der Waals surface area contributed by atoms with Crippen molar-refractivity contribution in [2.24, 2.45) is 11.3 Å². The fourth-order valence-electron chi connectivity index (χ4n) is 4.03. The van der Waals surface area contributed by atoms with Gasteiger partial charge in [0, 0.05) is 25.6 Å². The van der Waals surface area contributed by atoms with Crippen LogP contribution in [0.15, 0.2) is 54.6 Å². The fraction of sp³-hybridized carbons (Fsp3) is 0.350. The summed E-state index contributed by atoms with van der Waals surface area (Å²) in [4.78, 5) is 14.9. The van der Waals surface area contributed by atoms with Crippen LogP contribution in [0.1, 0.15) is 24.2 Å². The highest BCUT2D eigenvalue weighted by Gasteiger charge is 2.59. The molecule has 2 heterocycles. The molecule has 0 bridgehead atoms. The highest BCUT2D eigenvalue weighted by Crippen LogP contribution is 2.51. The lowest BCUT2D eigenvalue weighted by molar-refractivity contribution is -0.148. The third-order valence-electron chi connectivity index (χ3n) is 5.36. The average Bonchev–Trinajstić information content (AvgIpc) is 3.02. The molecule has 1 unspecified atom stereocenters. The number of carbonyl (C=O) groups excluding carboxylic acids is 1. The van der Waals surface area contributed by atoms with E-state index in [4.69, 9.17) is 4.74 Å². The molecule has 3 atom stereocenters. The molecule has 2 aliphatic heterocycles. The Morgan fingerprint density at radius 3 is 2.58 bits per heavy atom. The van der Waals surface area contributed by atoms with Crippen molar-refractivity contribution in [3.05, 3.63) is 65.7 Å². The maximum absolute atomic E-state index is 12.5. The number of ether oxygens (including phenoxy) is 1. The molecule has 2 aromatic rings. The minimum absolute atomic E-state index is 0.110. The van der Waals surface area contributed by atoms with Gasteiger partial charge in [-0.15, -0.1) is 0 Å². The molecule has 4 heteroatoms. The van der Waals surface area contributed by atoms with Crippen molar-refractivity contribution in [3.8, 4) is 5.75 Å². The number of rotatable bonds is 3. The number of likely N-dealkylation sites (tertiary alicyclic amines) is 1. The molecule has 1 N–H and O–H groups in total. The van der Waals surface area contributed by atoms with Gasteiger partial charge < -0.3 is 9.84 Å². The molecule has 2 fully saturated rings. The van der Waals surface area contributed by atoms with E-state index < -0.39 is 5.41 Å². The summed E-state index contributed by atoms with van der Waals surface area (Å²) in [6.45, 7) is 4.43. The van der Waals surface area contributed by atoms with Gasteiger partial charge in [0.15, 0.2) is 0 Å². The van der Waals surface area contributed by atoms with Gasteiger partial charge in [-0.25, -0.2) is 0 Å². The number of fused-ring (bicyclic) bond motifs is 1. The molecule has 0 radical (unpaired) electrons. The molecule has 24 heavy (non-hydrogen) atoms. The summed E-state index contributed by atoms with van der Waals surface area (Å²) in [5.41, 5.74) is 1.75. The normalized spacial score (nSPS) is 29.5. The topological polar surface area (TPSA) is 49.8 Å². The summed E-state index contributed by atoms with van der Waals surface area (Å²) in [5.74, 6) is 0.252. The Morgan fingerprint density at radius 2 is 1.88 bits per heavy atom. The number of esters is 1.